The first kappa shape index (κ1) is 10.8. The number of hydrogen-bond donors (Lipinski definition) is 2. The number of aliphatic hydroxyl groups is 1. The third-order valence-electron chi connectivity index (χ3n) is 1.75. The number of furan rings is 1. The Kier molecular flexibility index (Phi) is 2.96. The molecule has 0 radical (unpaired) electrons. The first-order chi connectivity index (χ1) is 6.40. The Morgan fingerprint density at radius 3 is 2.71 bits per heavy atom. The lowest BCUT2D eigenvalue weighted by Gasteiger charge is -2.17. The molecule has 0 aromatic carbocycles. The zero-order valence-electron chi connectivity index (χ0n) is 8.63. The summed E-state index contributed by atoms with van der Waals surface area (Å²) in [6.07, 6.45) is 1.47. The van der Waals surface area contributed by atoms with Crippen molar-refractivity contribution in [2.45, 2.75) is 26.4 Å². The van der Waals surface area contributed by atoms with Gasteiger partial charge >= 0.3 is 0 Å². The fourth-order valence-electron chi connectivity index (χ4n) is 0.982. The molecule has 4 heteroatoms. The monoisotopic (exact) mass is 197 g/mol. The number of nitrogens with one attached hydrogen (secondary N) is 1. The number of carbonyl (C=O) groups is 1. The van der Waals surface area contributed by atoms with Gasteiger partial charge in [-0.2, -0.15) is 0 Å². The normalized spacial score (nSPS) is 11.4. The quantitative estimate of drug-likeness (QED) is 0.762. The maximum atomic E-state index is 11.5. The maximum absolute atomic E-state index is 11.5. The van der Waals surface area contributed by atoms with Crippen molar-refractivity contribution in [2.24, 2.45) is 0 Å². The summed E-state index contributed by atoms with van der Waals surface area (Å²) in [7, 11) is 0. The molecule has 1 amide bonds. The molecular weight excluding hydrogens is 182 g/mol. The SMILES string of the molecule is Cc1ccoc1C(=O)NCC(C)(C)O. The van der Waals surface area contributed by atoms with Gasteiger partial charge < -0.3 is 14.8 Å². The van der Waals surface area contributed by atoms with Crippen LogP contribution in [0.15, 0.2) is 16.7 Å². The van der Waals surface area contributed by atoms with Crippen LogP contribution in [0.1, 0.15) is 30.0 Å². The predicted octanol–water partition coefficient (Wildman–Crippen LogP) is 1.09. The van der Waals surface area contributed by atoms with Crippen molar-refractivity contribution in [3.63, 3.8) is 0 Å². The first-order valence-corrected chi connectivity index (χ1v) is 4.45. The van der Waals surface area contributed by atoms with Crippen molar-refractivity contribution in [1.29, 1.82) is 0 Å². The number of rotatable bonds is 3. The summed E-state index contributed by atoms with van der Waals surface area (Å²) in [5.41, 5.74) is -0.117. The van der Waals surface area contributed by atoms with Gasteiger partial charge in [0.1, 0.15) is 0 Å². The molecule has 2 N–H and O–H groups in total. The fourth-order valence-corrected chi connectivity index (χ4v) is 0.982. The van der Waals surface area contributed by atoms with Gasteiger partial charge in [-0.25, -0.2) is 0 Å². The number of amides is 1. The second kappa shape index (κ2) is 3.84. The zero-order chi connectivity index (χ0) is 10.8. The number of hydrogen-bond acceptors (Lipinski definition) is 3. The molecular formula is C10H15NO3. The molecule has 0 unspecified atom stereocenters. The first-order valence-electron chi connectivity index (χ1n) is 4.45. The van der Waals surface area contributed by atoms with E-state index in [9.17, 15) is 9.90 Å². The number of carbonyl (C=O) groups excluding carboxylic acids is 1. The van der Waals surface area contributed by atoms with Crippen LogP contribution in [0.3, 0.4) is 0 Å². The molecule has 14 heavy (non-hydrogen) atoms. The van der Waals surface area contributed by atoms with Crippen LogP contribution in [0.25, 0.3) is 0 Å². The average molecular weight is 197 g/mol. The third-order valence-corrected chi connectivity index (χ3v) is 1.75. The van der Waals surface area contributed by atoms with Crippen LogP contribution >= 0.6 is 0 Å². The Balaban J connectivity index is 2.56. The van der Waals surface area contributed by atoms with Crippen molar-refractivity contribution in [3.05, 3.63) is 23.7 Å². The molecule has 1 rings (SSSR count). The number of aryl methyl sites for hydroxylation is 1. The molecule has 4 nitrogen and oxygen atoms in total. The van der Waals surface area contributed by atoms with E-state index in [0.717, 1.165) is 5.56 Å². The van der Waals surface area contributed by atoms with Gasteiger partial charge in [0.2, 0.25) is 0 Å². The van der Waals surface area contributed by atoms with Crippen molar-refractivity contribution < 1.29 is 14.3 Å². The highest BCUT2D eigenvalue weighted by Gasteiger charge is 2.17. The molecule has 0 saturated heterocycles. The zero-order valence-corrected chi connectivity index (χ0v) is 8.63. The van der Waals surface area contributed by atoms with E-state index in [0.29, 0.717) is 5.76 Å². The highest BCUT2D eigenvalue weighted by Crippen LogP contribution is 2.08. The Morgan fingerprint density at radius 1 is 1.64 bits per heavy atom. The van der Waals surface area contributed by atoms with Crippen LogP contribution in [0.5, 0.6) is 0 Å². The lowest BCUT2D eigenvalue weighted by molar-refractivity contribution is 0.0680. The molecule has 1 aromatic rings. The van der Waals surface area contributed by atoms with Crippen LogP contribution in [-0.2, 0) is 0 Å². The van der Waals surface area contributed by atoms with E-state index >= 15 is 0 Å². The van der Waals surface area contributed by atoms with Crippen LogP contribution < -0.4 is 5.32 Å². The van der Waals surface area contributed by atoms with Crippen molar-refractivity contribution in [2.75, 3.05) is 6.54 Å². The molecule has 1 heterocycles. The van der Waals surface area contributed by atoms with Gasteiger partial charge in [-0.3, -0.25) is 4.79 Å². The second-order valence-corrected chi connectivity index (χ2v) is 3.93. The largest absolute Gasteiger partial charge is 0.459 e. The van der Waals surface area contributed by atoms with Crippen LogP contribution in [-0.4, -0.2) is 23.2 Å². The van der Waals surface area contributed by atoms with E-state index in [2.05, 4.69) is 5.32 Å². The van der Waals surface area contributed by atoms with Crippen LogP contribution in [0.2, 0.25) is 0 Å². The summed E-state index contributed by atoms with van der Waals surface area (Å²) in [6.45, 7) is 5.25. The van der Waals surface area contributed by atoms with Gasteiger partial charge in [0.05, 0.1) is 11.9 Å². The van der Waals surface area contributed by atoms with Crippen molar-refractivity contribution in [1.82, 2.24) is 5.32 Å². The molecule has 0 atom stereocenters. The molecule has 0 aliphatic heterocycles. The molecule has 0 bridgehead atoms. The maximum Gasteiger partial charge on any atom is 0.287 e. The van der Waals surface area contributed by atoms with Gasteiger partial charge in [0, 0.05) is 12.1 Å². The molecule has 78 valence electrons. The smallest absolute Gasteiger partial charge is 0.287 e. The Bertz CT molecular complexity index is 322. The average Bonchev–Trinajstić information content (AvgIpc) is 2.46. The van der Waals surface area contributed by atoms with E-state index in [-0.39, 0.29) is 12.5 Å². The Labute approximate surface area is 82.9 Å². The molecule has 1 aromatic heterocycles. The standard InChI is InChI=1S/C10H15NO3/c1-7-4-5-14-8(7)9(12)11-6-10(2,3)13/h4-5,13H,6H2,1-3H3,(H,11,12). The minimum absolute atomic E-state index is 0.200. The van der Waals surface area contributed by atoms with Gasteiger partial charge in [-0.05, 0) is 26.8 Å². The highest BCUT2D eigenvalue weighted by molar-refractivity contribution is 5.92. The summed E-state index contributed by atoms with van der Waals surface area (Å²) in [6, 6.07) is 1.72. The highest BCUT2D eigenvalue weighted by atomic mass is 16.3. The molecule has 0 fully saturated rings. The fraction of sp³-hybridized carbons (Fsp3) is 0.500. The van der Waals surface area contributed by atoms with Crippen LogP contribution in [0, 0.1) is 6.92 Å². The van der Waals surface area contributed by atoms with Gasteiger partial charge in [0.15, 0.2) is 5.76 Å². The Morgan fingerprint density at radius 2 is 2.29 bits per heavy atom. The predicted molar refractivity (Wildman–Crippen MR) is 52.1 cm³/mol. The van der Waals surface area contributed by atoms with E-state index in [4.69, 9.17) is 4.42 Å². The minimum atomic E-state index is -0.907. The van der Waals surface area contributed by atoms with Crippen molar-refractivity contribution in [3.8, 4) is 0 Å². The van der Waals surface area contributed by atoms with Crippen molar-refractivity contribution >= 4 is 5.91 Å². The van der Waals surface area contributed by atoms with E-state index < -0.39 is 5.60 Å². The van der Waals surface area contributed by atoms with Crippen LogP contribution in [0.4, 0.5) is 0 Å². The molecule has 0 spiro atoms. The summed E-state index contributed by atoms with van der Waals surface area (Å²) >= 11 is 0. The summed E-state index contributed by atoms with van der Waals surface area (Å²) in [4.78, 5) is 11.5. The lowest BCUT2D eigenvalue weighted by atomic mass is 10.1. The van der Waals surface area contributed by atoms with Gasteiger partial charge in [-0.15, -0.1) is 0 Å². The summed E-state index contributed by atoms with van der Waals surface area (Å²) < 4.78 is 5.00. The van der Waals surface area contributed by atoms with E-state index in [1.165, 1.54) is 6.26 Å². The second-order valence-electron chi connectivity index (χ2n) is 3.93. The third kappa shape index (κ3) is 2.88. The Hall–Kier alpha value is -1.29. The van der Waals surface area contributed by atoms with Gasteiger partial charge in [0.25, 0.3) is 5.91 Å². The minimum Gasteiger partial charge on any atom is -0.459 e. The topological polar surface area (TPSA) is 62.5 Å². The van der Waals surface area contributed by atoms with E-state index in [1.54, 1.807) is 26.8 Å². The van der Waals surface area contributed by atoms with E-state index in [1.807, 2.05) is 0 Å². The summed E-state index contributed by atoms with van der Waals surface area (Å²) in [5.74, 6) is 0.00359. The molecule has 0 aliphatic rings. The summed E-state index contributed by atoms with van der Waals surface area (Å²) in [5, 5.41) is 12.0. The molecule has 0 saturated carbocycles. The molecule has 0 aliphatic carbocycles. The van der Waals surface area contributed by atoms with Gasteiger partial charge in [-0.1, -0.05) is 0 Å². The lowest BCUT2D eigenvalue weighted by Crippen LogP contribution is -2.38.